The van der Waals surface area contributed by atoms with E-state index in [-0.39, 0.29) is 35.4 Å². The molecule has 1 saturated heterocycles. The number of thiazole rings is 2. The molecule has 2 aliphatic heterocycles. The number of carbonyl (C=O) groups excluding carboxylic acids is 3. The number of anilines is 1. The largest absolute Gasteiger partial charge is 0.543 e. The first-order valence-electron chi connectivity index (χ1n) is 10.7. The van der Waals surface area contributed by atoms with Gasteiger partial charge in [-0.15, -0.1) is 34.4 Å². The molecule has 0 aliphatic carbocycles. The molecule has 0 aromatic carbocycles. The number of aromatic nitrogens is 3. The van der Waals surface area contributed by atoms with Crippen LogP contribution in [0.2, 0.25) is 0 Å². The van der Waals surface area contributed by atoms with Crippen molar-refractivity contribution in [1.82, 2.24) is 20.2 Å². The van der Waals surface area contributed by atoms with E-state index < -0.39 is 29.2 Å². The second-order valence-electron chi connectivity index (χ2n) is 7.75. The van der Waals surface area contributed by atoms with E-state index in [1.807, 2.05) is 23.0 Å². The molecule has 0 spiro atoms. The van der Waals surface area contributed by atoms with Crippen molar-refractivity contribution in [2.45, 2.75) is 24.9 Å². The van der Waals surface area contributed by atoms with Gasteiger partial charge in [-0.1, -0.05) is 5.16 Å². The lowest BCUT2D eigenvalue weighted by atomic mass is 10.0. The fraction of sp³-hybridized carbons (Fsp3) is 0.286. The highest BCUT2D eigenvalue weighted by Crippen LogP contribution is 2.40. The molecule has 2 atom stereocenters. The topological polar surface area (TPSA) is 167 Å². The number of hydrogen-bond acceptors (Lipinski definition) is 12. The predicted molar refractivity (Wildman–Crippen MR) is 132 cm³/mol. The number of thioether (sulfide) groups is 1. The first-order chi connectivity index (χ1) is 17.4. The Kier molecular flexibility index (Phi) is 6.59. The molecule has 1 unspecified atom stereocenters. The molecule has 0 radical (unpaired) electrons. The van der Waals surface area contributed by atoms with Crippen LogP contribution in [0.1, 0.15) is 12.6 Å². The Morgan fingerprint density at radius 3 is 2.97 bits per heavy atom. The summed E-state index contributed by atoms with van der Waals surface area (Å²) in [5.41, 5.74) is 8.67. The van der Waals surface area contributed by atoms with Gasteiger partial charge in [0.05, 0.1) is 21.9 Å². The molecule has 3 aromatic rings. The molecule has 3 N–H and O–H groups in total. The van der Waals surface area contributed by atoms with Crippen LogP contribution in [0.5, 0.6) is 0 Å². The van der Waals surface area contributed by atoms with E-state index in [1.165, 1.54) is 28.0 Å². The second kappa shape index (κ2) is 9.83. The molecule has 36 heavy (non-hydrogen) atoms. The number of nitrogens with one attached hydrogen (secondary N) is 1. The van der Waals surface area contributed by atoms with E-state index in [1.54, 1.807) is 17.8 Å². The minimum Gasteiger partial charge on any atom is -0.543 e. The molecule has 2 amide bonds. The minimum atomic E-state index is -1.44. The monoisotopic (exact) mass is 545 g/mol. The van der Waals surface area contributed by atoms with Gasteiger partial charge in [-0.25, -0.2) is 9.97 Å². The van der Waals surface area contributed by atoms with Crippen molar-refractivity contribution in [3.63, 3.8) is 0 Å². The van der Waals surface area contributed by atoms with Crippen molar-refractivity contribution in [3.8, 4) is 0 Å². The minimum absolute atomic E-state index is 0.123. The lowest BCUT2D eigenvalue weighted by Crippen LogP contribution is -2.71. The summed E-state index contributed by atoms with van der Waals surface area (Å²) >= 11 is 4.00. The second-order valence-corrected chi connectivity index (χ2v) is 10.6. The van der Waals surface area contributed by atoms with Crippen molar-refractivity contribution in [2.24, 2.45) is 5.16 Å². The van der Waals surface area contributed by atoms with Crippen molar-refractivity contribution in [1.29, 1.82) is 0 Å². The van der Waals surface area contributed by atoms with E-state index in [2.05, 4.69) is 20.4 Å². The first-order valence-corrected chi connectivity index (χ1v) is 13.5. The molecule has 0 saturated carbocycles. The van der Waals surface area contributed by atoms with Crippen LogP contribution in [0.3, 0.4) is 0 Å². The summed E-state index contributed by atoms with van der Waals surface area (Å²) in [6.45, 7) is 2.19. The quantitative estimate of drug-likeness (QED) is 0.164. The summed E-state index contributed by atoms with van der Waals surface area (Å²) < 4.78 is 2.84. The number of oxime groups is 1. The Hall–Kier alpha value is -3.56. The summed E-state index contributed by atoms with van der Waals surface area (Å²) in [7, 11) is 0. The van der Waals surface area contributed by atoms with Crippen molar-refractivity contribution in [3.05, 3.63) is 46.3 Å². The van der Waals surface area contributed by atoms with Crippen LogP contribution in [-0.4, -0.2) is 62.1 Å². The third-order valence-corrected chi connectivity index (χ3v) is 8.32. The molecule has 15 heteroatoms. The van der Waals surface area contributed by atoms with Gasteiger partial charge in [0, 0.05) is 22.8 Å². The maximum atomic E-state index is 13.0. The van der Waals surface area contributed by atoms with Crippen LogP contribution in [0, 0.1) is 0 Å². The van der Waals surface area contributed by atoms with Crippen molar-refractivity contribution < 1.29 is 28.9 Å². The maximum Gasteiger partial charge on any atom is 0.276 e. The molecule has 186 valence electrons. The lowest BCUT2D eigenvalue weighted by Gasteiger charge is -2.50. The number of fused-ring (bicyclic) bond motifs is 2. The maximum absolute atomic E-state index is 13.0. The number of nitrogens with zero attached hydrogens (tertiary/aromatic N) is 5. The van der Waals surface area contributed by atoms with Crippen molar-refractivity contribution in [2.75, 3.05) is 18.1 Å². The summed E-state index contributed by atoms with van der Waals surface area (Å²) in [5, 5.41) is 19.7. The third kappa shape index (κ3) is 4.40. The van der Waals surface area contributed by atoms with Gasteiger partial charge >= 0.3 is 0 Å². The van der Waals surface area contributed by atoms with Gasteiger partial charge in [-0.2, -0.15) is 4.57 Å². The normalized spacial score (nSPS) is 19.8. The number of carboxylic acid groups (broad SMARTS) is 1. The standard InChI is InChI=1S/C21H19N7O5S3/c1-2-33-26-14(12-8-35-21(22)24-12)17(29)25-15-18(30)28-16(20(31)32)10(7-34-19(15)28)5-27-4-3-13-11(6-27)23-9-36-13/h3-4,6,8-9,15,19H,2,5,7H2,1H3,(H3-,22,24,25,29,31,32)/b26-14-/t15?,19-/m1/s1. The van der Waals surface area contributed by atoms with Crippen molar-refractivity contribution >= 4 is 73.3 Å². The number of amides is 2. The number of pyridine rings is 1. The molecule has 5 heterocycles. The molecule has 12 nitrogen and oxygen atoms in total. The van der Waals surface area contributed by atoms with E-state index in [4.69, 9.17) is 10.6 Å². The predicted octanol–water partition coefficient (Wildman–Crippen LogP) is -0.533. The van der Waals surface area contributed by atoms with Gasteiger partial charge in [-0.3, -0.25) is 14.5 Å². The van der Waals surface area contributed by atoms with Crippen LogP contribution in [0.15, 0.2) is 45.8 Å². The molecular weight excluding hydrogens is 526 g/mol. The average Bonchev–Trinajstić information content (AvgIpc) is 3.50. The smallest absolute Gasteiger partial charge is 0.276 e. The Labute approximate surface area is 216 Å². The van der Waals surface area contributed by atoms with Gasteiger partial charge in [0.25, 0.3) is 11.8 Å². The van der Waals surface area contributed by atoms with Crippen LogP contribution in [-0.2, 0) is 25.8 Å². The van der Waals surface area contributed by atoms with Crippen LogP contribution in [0.4, 0.5) is 5.13 Å². The molecule has 0 bridgehead atoms. The molecular formula is C21H19N7O5S3. The molecule has 1 fully saturated rings. The van der Waals surface area contributed by atoms with Crippen LogP contribution >= 0.6 is 34.4 Å². The summed E-state index contributed by atoms with van der Waals surface area (Å²) in [6.07, 6.45) is 3.66. The van der Waals surface area contributed by atoms with Gasteiger partial charge < -0.3 is 25.8 Å². The number of hydrogen-bond donors (Lipinski definition) is 2. The number of carbonyl (C=O) groups is 3. The van der Waals surface area contributed by atoms with E-state index in [9.17, 15) is 19.5 Å². The summed E-state index contributed by atoms with van der Waals surface area (Å²) in [5.74, 6) is -2.33. The van der Waals surface area contributed by atoms with Gasteiger partial charge in [0.2, 0.25) is 0 Å². The number of carboxylic acids is 1. The number of nitrogens with two attached hydrogens (primary N) is 1. The Morgan fingerprint density at radius 2 is 2.25 bits per heavy atom. The summed E-state index contributed by atoms with van der Waals surface area (Å²) in [6, 6.07) is 0.961. The average molecular weight is 546 g/mol. The van der Waals surface area contributed by atoms with Crippen LogP contribution < -0.4 is 20.7 Å². The van der Waals surface area contributed by atoms with Gasteiger partial charge in [0.15, 0.2) is 29.8 Å². The first kappa shape index (κ1) is 24.1. The lowest BCUT2D eigenvalue weighted by molar-refractivity contribution is -0.687. The van der Waals surface area contributed by atoms with Gasteiger partial charge in [-0.05, 0) is 6.92 Å². The zero-order valence-corrected chi connectivity index (χ0v) is 21.2. The molecule has 5 rings (SSSR count). The third-order valence-electron chi connectivity index (χ3n) is 5.49. The van der Waals surface area contributed by atoms with Gasteiger partial charge in [0.1, 0.15) is 29.2 Å². The zero-order chi connectivity index (χ0) is 25.4. The van der Waals surface area contributed by atoms with E-state index in [0.717, 1.165) is 21.6 Å². The number of rotatable bonds is 8. The molecule has 3 aromatic heterocycles. The highest BCUT2D eigenvalue weighted by atomic mass is 32.2. The number of aliphatic carboxylic acids is 1. The highest BCUT2D eigenvalue weighted by Gasteiger charge is 2.53. The number of nitrogen functional groups attached to an aromatic ring is 1. The zero-order valence-electron chi connectivity index (χ0n) is 18.7. The Bertz CT molecular complexity index is 1430. The van der Waals surface area contributed by atoms with E-state index >= 15 is 0 Å². The Morgan fingerprint density at radius 1 is 1.42 bits per heavy atom. The fourth-order valence-corrected chi connectivity index (χ4v) is 6.43. The highest BCUT2D eigenvalue weighted by molar-refractivity contribution is 8.00. The van der Waals surface area contributed by atoms with E-state index in [0.29, 0.717) is 11.3 Å². The number of β-lactam (4-membered cyclic amide) rings is 1. The van der Waals surface area contributed by atoms with Crippen LogP contribution in [0.25, 0.3) is 10.2 Å². The SMILES string of the molecule is CCO/N=C(\C(=O)NC1C(=O)N2C(C(=O)[O-])=C(C[n+]3ccc4scnc4c3)CS[C@H]12)c1csc(N)n1. The molecule has 2 aliphatic rings. The summed E-state index contributed by atoms with van der Waals surface area (Å²) in [4.78, 5) is 52.6. The fourth-order valence-electron chi connectivity index (χ4n) is 3.90. The Balaban J connectivity index is 1.35.